The van der Waals surface area contributed by atoms with E-state index in [1.807, 2.05) is 11.8 Å². The van der Waals surface area contributed by atoms with Gasteiger partial charge in [-0.1, -0.05) is 0 Å². The lowest BCUT2D eigenvalue weighted by atomic mass is 10.0. The summed E-state index contributed by atoms with van der Waals surface area (Å²) in [5.74, 6) is -0.224. The molecule has 1 aliphatic carbocycles. The van der Waals surface area contributed by atoms with E-state index in [2.05, 4.69) is 4.98 Å². The molecule has 1 aliphatic rings. The Morgan fingerprint density at radius 3 is 2.92 bits per heavy atom. The number of nitrogens with two attached hydrogens (primary N) is 1. The Bertz CT molecular complexity index is 290. The van der Waals surface area contributed by atoms with Gasteiger partial charge in [-0.05, 0) is 12.8 Å². The van der Waals surface area contributed by atoms with Crippen LogP contribution in [0.15, 0.2) is 11.6 Å². The molecule has 2 N–H and O–H groups in total. The number of thiazole rings is 1. The van der Waals surface area contributed by atoms with Gasteiger partial charge in [-0.3, -0.25) is 4.79 Å². The van der Waals surface area contributed by atoms with Gasteiger partial charge in [0.05, 0.1) is 10.4 Å². The van der Waals surface area contributed by atoms with Crippen molar-refractivity contribution in [2.24, 2.45) is 11.1 Å². The quantitative estimate of drug-likeness (QED) is 0.755. The molecule has 1 fully saturated rings. The molecule has 0 aliphatic heterocycles. The van der Waals surface area contributed by atoms with Crippen LogP contribution in [-0.4, -0.2) is 10.9 Å². The third kappa shape index (κ3) is 1.22. The van der Waals surface area contributed by atoms with E-state index in [0.717, 1.165) is 17.8 Å². The molecule has 1 aromatic heterocycles. The summed E-state index contributed by atoms with van der Waals surface area (Å²) >= 11 is 1.53. The lowest BCUT2D eigenvalue weighted by Crippen LogP contribution is -2.25. The number of primary amides is 1. The normalized spacial score (nSPS) is 19.0. The Balaban J connectivity index is 2.09. The first kappa shape index (κ1) is 7.73. The fourth-order valence-electron chi connectivity index (χ4n) is 1.14. The van der Waals surface area contributed by atoms with Crippen LogP contribution in [0.1, 0.15) is 17.8 Å². The van der Waals surface area contributed by atoms with E-state index in [1.54, 1.807) is 6.20 Å². The average molecular weight is 181 g/mol. The predicted octanol–water partition coefficient (Wildman–Crippen LogP) is 0.961. The minimum absolute atomic E-state index is 0.224. The van der Waals surface area contributed by atoms with Crippen LogP contribution in [-0.2, 0) is 4.79 Å². The van der Waals surface area contributed by atoms with Crippen LogP contribution < -0.4 is 5.73 Å². The molecule has 0 bridgehead atoms. The maximum atomic E-state index is 11.0. The molecule has 0 atom stereocenters. The maximum Gasteiger partial charge on any atom is 0.224 e. The van der Waals surface area contributed by atoms with E-state index in [-0.39, 0.29) is 11.3 Å². The van der Waals surface area contributed by atoms with E-state index < -0.39 is 0 Å². The highest BCUT2D eigenvalue weighted by molar-refractivity contribution is 7.09. The molecule has 0 aromatic carbocycles. The van der Waals surface area contributed by atoms with Gasteiger partial charge in [0.15, 0.2) is 0 Å². The van der Waals surface area contributed by atoms with E-state index in [4.69, 9.17) is 5.73 Å². The summed E-state index contributed by atoms with van der Waals surface area (Å²) in [6.45, 7) is 0. The third-order valence-electron chi connectivity index (χ3n) is 2.13. The fourth-order valence-corrected chi connectivity index (χ4v) is 1.82. The fraction of sp³-hybridized carbons (Fsp3) is 0.375. The monoisotopic (exact) mass is 181 g/mol. The lowest BCUT2D eigenvalue weighted by Gasteiger charge is -2.06. The maximum absolute atomic E-state index is 11.0. The molecule has 2 rings (SSSR count). The molecule has 12 heavy (non-hydrogen) atoms. The van der Waals surface area contributed by atoms with Gasteiger partial charge in [0, 0.05) is 18.0 Å². The topological polar surface area (TPSA) is 56.0 Å². The van der Waals surface area contributed by atoms with Gasteiger partial charge in [0.1, 0.15) is 0 Å². The smallest absolute Gasteiger partial charge is 0.224 e. The molecule has 1 saturated carbocycles. The van der Waals surface area contributed by atoms with Crippen LogP contribution in [0.2, 0.25) is 0 Å². The van der Waals surface area contributed by atoms with Crippen molar-refractivity contribution >= 4 is 17.2 Å². The zero-order valence-corrected chi connectivity index (χ0v) is 7.30. The van der Waals surface area contributed by atoms with Gasteiger partial charge in [-0.25, -0.2) is 4.98 Å². The van der Waals surface area contributed by atoms with E-state index in [1.165, 1.54) is 11.3 Å². The highest BCUT2D eigenvalue weighted by Crippen LogP contribution is 2.49. The molecule has 4 heteroatoms. The summed E-state index contributed by atoms with van der Waals surface area (Å²) in [7, 11) is 0. The van der Waals surface area contributed by atoms with Crippen molar-refractivity contribution in [2.45, 2.75) is 12.8 Å². The highest BCUT2D eigenvalue weighted by atomic mass is 32.1. The standard InChI is InChI=1S/C8H9N2OS/c9-7(11)8(1-2-8)5-6-10-3-4-12-6/h3-5H,1-2H2,(H2,9,11). The van der Waals surface area contributed by atoms with E-state index in [0.29, 0.717) is 0 Å². The zero-order chi connectivity index (χ0) is 8.60. The predicted molar refractivity (Wildman–Crippen MR) is 46.4 cm³/mol. The van der Waals surface area contributed by atoms with Crippen LogP contribution in [0.3, 0.4) is 0 Å². The Kier molecular flexibility index (Phi) is 1.65. The van der Waals surface area contributed by atoms with Crippen molar-refractivity contribution in [1.29, 1.82) is 0 Å². The summed E-state index contributed by atoms with van der Waals surface area (Å²) in [5.41, 5.74) is 4.89. The largest absolute Gasteiger partial charge is 0.369 e. The SMILES string of the molecule is NC(=O)C1([CH]c2nccs2)CC1. The summed E-state index contributed by atoms with van der Waals surface area (Å²) < 4.78 is 0. The van der Waals surface area contributed by atoms with Gasteiger partial charge in [0.2, 0.25) is 5.91 Å². The summed E-state index contributed by atoms with van der Waals surface area (Å²) in [4.78, 5) is 15.1. The van der Waals surface area contributed by atoms with E-state index in [9.17, 15) is 4.79 Å². The Labute approximate surface area is 74.6 Å². The minimum Gasteiger partial charge on any atom is -0.369 e. The van der Waals surface area contributed by atoms with Crippen molar-refractivity contribution < 1.29 is 4.79 Å². The van der Waals surface area contributed by atoms with E-state index >= 15 is 0 Å². The number of amides is 1. The molecule has 0 unspecified atom stereocenters. The van der Waals surface area contributed by atoms with Crippen molar-refractivity contribution in [1.82, 2.24) is 4.98 Å². The number of rotatable bonds is 3. The van der Waals surface area contributed by atoms with Crippen LogP contribution in [0.5, 0.6) is 0 Å². The van der Waals surface area contributed by atoms with Gasteiger partial charge in [0.25, 0.3) is 0 Å². The third-order valence-corrected chi connectivity index (χ3v) is 2.85. The van der Waals surface area contributed by atoms with Crippen molar-refractivity contribution in [3.63, 3.8) is 0 Å². The first-order chi connectivity index (χ1) is 5.73. The van der Waals surface area contributed by atoms with Gasteiger partial charge in [-0.2, -0.15) is 0 Å². The second kappa shape index (κ2) is 2.55. The van der Waals surface area contributed by atoms with Crippen LogP contribution >= 0.6 is 11.3 Å². The Morgan fingerprint density at radius 1 is 1.75 bits per heavy atom. The Morgan fingerprint density at radius 2 is 2.50 bits per heavy atom. The number of carbonyl (C=O) groups excluding carboxylic acids is 1. The molecule has 1 aromatic rings. The van der Waals surface area contributed by atoms with Crippen molar-refractivity contribution in [3.05, 3.63) is 23.0 Å². The van der Waals surface area contributed by atoms with Crippen LogP contribution in [0, 0.1) is 11.8 Å². The van der Waals surface area contributed by atoms with Gasteiger partial charge < -0.3 is 5.73 Å². The van der Waals surface area contributed by atoms with Crippen molar-refractivity contribution in [2.75, 3.05) is 0 Å². The van der Waals surface area contributed by atoms with Crippen LogP contribution in [0.4, 0.5) is 0 Å². The first-order valence-corrected chi connectivity index (χ1v) is 4.66. The molecule has 63 valence electrons. The molecule has 0 spiro atoms. The molecule has 3 nitrogen and oxygen atoms in total. The summed E-state index contributed by atoms with van der Waals surface area (Å²) in [5, 5.41) is 2.79. The highest BCUT2D eigenvalue weighted by Gasteiger charge is 2.49. The molecular formula is C8H9N2OS. The molecule has 0 saturated heterocycles. The number of carbonyl (C=O) groups is 1. The first-order valence-electron chi connectivity index (χ1n) is 3.78. The molecule has 1 amide bonds. The number of hydrogen-bond acceptors (Lipinski definition) is 3. The zero-order valence-electron chi connectivity index (χ0n) is 6.49. The molecule has 1 radical (unpaired) electrons. The number of nitrogens with zero attached hydrogens (tertiary/aromatic N) is 1. The summed E-state index contributed by atoms with van der Waals surface area (Å²) in [6.07, 6.45) is 5.37. The number of hydrogen-bond donors (Lipinski definition) is 1. The molecule has 1 heterocycles. The average Bonchev–Trinajstić information content (AvgIpc) is 2.60. The summed E-state index contributed by atoms with van der Waals surface area (Å²) in [6, 6.07) is 0. The van der Waals surface area contributed by atoms with Gasteiger partial charge >= 0.3 is 0 Å². The Hall–Kier alpha value is -0.900. The lowest BCUT2D eigenvalue weighted by molar-refractivity contribution is -0.121. The second-order valence-corrected chi connectivity index (χ2v) is 3.96. The minimum atomic E-state index is -0.363. The van der Waals surface area contributed by atoms with Gasteiger partial charge in [-0.15, -0.1) is 11.3 Å². The molecular weight excluding hydrogens is 172 g/mol. The second-order valence-electron chi connectivity index (χ2n) is 3.04. The number of aromatic nitrogens is 1. The van der Waals surface area contributed by atoms with Crippen LogP contribution in [0.25, 0.3) is 0 Å². The van der Waals surface area contributed by atoms with Crippen molar-refractivity contribution in [3.8, 4) is 0 Å².